The number of nitrogen functional groups attached to an aromatic ring is 1. The molecule has 1 aromatic carbocycles. The summed E-state index contributed by atoms with van der Waals surface area (Å²) in [5, 5.41) is 0. The van der Waals surface area contributed by atoms with Gasteiger partial charge in [0.05, 0.1) is 0 Å². The Morgan fingerprint density at radius 2 is 1.81 bits per heavy atom. The molecular weight excluding hydrogens is 268 g/mol. The Kier molecular flexibility index (Phi) is 4.94. The number of rotatable bonds is 6. The van der Waals surface area contributed by atoms with Gasteiger partial charge in [0, 0.05) is 19.2 Å². The number of hydrogen-bond donors (Lipinski definition) is 2. The molecule has 0 spiro atoms. The number of hydrazine groups is 1. The molecule has 21 heavy (non-hydrogen) atoms. The van der Waals surface area contributed by atoms with Crippen molar-refractivity contribution >= 4 is 5.82 Å². The van der Waals surface area contributed by atoms with Gasteiger partial charge in [0.25, 0.3) is 5.56 Å². The van der Waals surface area contributed by atoms with Gasteiger partial charge in [-0.3, -0.25) is 13.9 Å². The molecule has 0 aliphatic heterocycles. The van der Waals surface area contributed by atoms with E-state index < -0.39 is 0 Å². The van der Waals surface area contributed by atoms with Crippen molar-refractivity contribution in [3.63, 3.8) is 0 Å². The maximum atomic E-state index is 12.4. The lowest BCUT2D eigenvalue weighted by molar-refractivity contribution is 0.548. The molecule has 2 aromatic rings. The SMILES string of the molecule is CCCn1c(=O)cc(NN)n(CCc2ccccc2)c1=O. The lowest BCUT2D eigenvalue weighted by Crippen LogP contribution is -2.41. The lowest BCUT2D eigenvalue weighted by atomic mass is 10.1. The van der Waals surface area contributed by atoms with E-state index in [1.807, 2.05) is 37.3 Å². The Morgan fingerprint density at radius 1 is 1.10 bits per heavy atom. The van der Waals surface area contributed by atoms with Crippen LogP contribution in [0.25, 0.3) is 0 Å². The molecule has 3 N–H and O–H groups in total. The highest BCUT2D eigenvalue weighted by Crippen LogP contribution is 2.04. The quantitative estimate of drug-likeness (QED) is 0.612. The molecule has 112 valence electrons. The summed E-state index contributed by atoms with van der Waals surface area (Å²) in [6.45, 7) is 2.80. The second-order valence-corrected chi connectivity index (χ2v) is 4.83. The second kappa shape index (κ2) is 6.90. The number of aromatic nitrogens is 2. The van der Waals surface area contributed by atoms with Gasteiger partial charge in [0.1, 0.15) is 5.82 Å². The van der Waals surface area contributed by atoms with Crippen LogP contribution in [-0.4, -0.2) is 9.13 Å². The highest BCUT2D eigenvalue weighted by atomic mass is 16.2. The number of nitrogens with one attached hydrogen (secondary N) is 1. The average Bonchev–Trinajstić information content (AvgIpc) is 2.51. The molecule has 2 rings (SSSR count). The van der Waals surface area contributed by atoms with Crippen LogP contribution in [0, 0.1) is 0 Å². The number of nitrogens with two attached hydrogens (primary N) is 1. The van der Waals surface area contributed by atoms with Crippen molar-refractivity contribution in [2.75, 3.05) is 5.43 Å². The lowest BCUT2D eigenvalue weighted by Gasteiger charge is -2.14. The fourth-order valence-corrected chi connectivity index (χ4v) is 2.27. The zero-order valence-corrected chi connectivity index (χ0v) is 12.1. The molecule has 0 radical (unpaired) electrons. The Labute approximate surface area is 122 Å². The third kappa shape index (κ3) is 3.41. The minimum Gasteiger partial charge on any atom is -0.310 e. The number of anilines is 1. The molecule has 0 aliphatic carbocycles. The summed E-state index contributed by atoms with van der Waals surface area (Å²) >= 11 is 0. The molecule has 0 amide bonds. The van der Waals surface area contributed by atoms with E-state index in [9.17, 15) is 9.59 Å². The molecule has 6 heteroatoms. The first-order valence-electron chi connectivity index (χ1n) is 7.02. The first-order chi connectivity index (χ1) is 10.2. The van der Waals surface area contributed by atoms with Gasteiger partial charge in [0.15, 0.2) is 0 Å². The van der Waals surface area contributed by atoms with Crippen molar-refractivity contribution < 1.29 is 0 Å². The Morgan fingerprint density at radius 3 is 2.43 bits per heavy atom. The predicted octanol–water partition coefficient (Wildman–Crippen LogP) is 0.948. The van der Waals surface area contributed by atoms with E-state index >= 15 is 0 Å². The molecule has 1 heterocycles. The van der Waals surface area contributed by atoms with Gasteiger partial charge in [-0.2, -0.15) is 0 Å². The van der Waals surface area contributed by atoms with Gasteiger partial charge in [-0.25, -0.2) is 10.6 Å². The van der Waals surface area contributed by atoms with Gasteiger partial charge in [-0.1, -0.05) is 37.3 Å². The van der Waals surface area contributed by atoms with Crippen molar-refractivity contribution in [3.8, 4) is 0 Å². The largest absolute Gasteiger partial charge is 0.332 e. The Balaban J connectivity index is 2.35. The molecule has 0 saturated carbocycles. The van der Waals surface area contributed by atoms with Crippen molar-refractivity contribution in [2.45, 2.75) is 32.9 Å². The highest BCUT2D eigenvalue weighted by Gasteiger charge is 2.10. The van der Waals surface area contributed by atoms with Crippen LogP contribution in [0.1, 0.15) is 18.9 Å². The van der Waals surface area contributed by atoms with E-state index in [2.05, 4.69) is 5.43 Å². The van der Waals surface area contributed by atoms with Crippen LogP contribution in [0.15, 0.2) is 46.0 Å². The molecule has 0 aliphatic rings. The normalized spacial score (nSPS) is 10.6. The zero-order valence-electron chi connectivity index (χ0n) is 12.1. The van der Waals surface area contributed by atoms with Crippen LogP contribution in [-0.2, 0) is 19.5 Å². The monoisotopic (exact) mass is 288 g/mol. The Hall–Kier alpha value is -2.34. The van der Waals surface area contributed by atoms with Crippen LogP contribution in [0.3, 0.4) is 0 Å². The smallest absolute Gasteiger partial charge is 0.310 e. The van der Waals surface area contributed by atoms with Crippen LogP contribution >= 0.6 is 0 Å². The molecule has 0 unspecified atom stereocenters. The van der Waals surface area contributed by atoms with Crippen molar-refractivity contribution in [2.24, 2.45) is 5.84 Å². The van der Waals surface area contributed by atoms with Crippen LogP contribution in [0.5, 0.6) is 0 Å². The van der Waals surface area contributed by atoms with E-state index in [-0.39, 0.29) is 11.2 Å². The second-order valence-electron chi connectivity index (χ2n) is 4.83. The molecule has 0 saturated heterocycles. The van der Waals surface area contributed by atoms with Crippen molar-refractivity contribution in [1.82, 2.24) is 9.13 Å². The van der Waals surface area contributed by atoms with Gasteiger partial charge in [-0.05, 0) is 18.4 Å². The summed E-state index contributed by atoms with van der Waals surface area (Å²) in [7, 11) is 0. The number of nitrogens with zero attached hydrogens (tertiary/aromatic N) is 2. The number of aryl methyl sites for hydroxylation is 1. The molecule has 6 nitrogen and oxygen atoms in total. The van der Waals surface area contributed by atoms with E-state index in [1.165, 1.54) is 15.2 Å². The van der Waals surface area contributed by atoms with Gasteiger partial charge in [0.2, 0.25) is 0 Å². The average molecular weight is 288 g/mol. The summed E-state index contributed by atoms with van der Waals surface area (Å²) in [6.07, 6.45) is 1.42. The fourth-order valence-electron chi connectivity index (χ4n) is 2.27. The van der Waals surface area contributed by atoms with Crippen molar-refractivity contribution in [1.29, 1.82) is 0 Å². The number of benzene rings is 1. The topological polar surface area (TPSA) is 82.0 Å². The summed E-state index contributed by atoms with van der Waals surface area (Å²) < 4.78 is 2.75. The minimum atomic E-state index is -0.328. The minimum absolute atomic E-state index is 0.326. The Bertz CT molecular complexity index is 704. The maximum Gasteiger partial charge on any atom is 0.332 e. The first kappa shape index (κ1) is 15.1. The summed E-state index contributed by atoms with van der Waals surface area (Å²) in [4.78, 5) is 24.3. The first-order valence-corrected chi connectivity index (χ1v) is 7.02. The van der Waals surface area contributed by atoms with Crippen molar-refractivity contribution in [3.05, 3.63) is 62.8 Å². The van der Waals surface area contributed by atoms with Gasteiger partial charge >= 0.3 is 5.69 Å². The molecule has 0 fully saturated rings. The van der Waals surface area contributed by atoms with Crippen LogP contribution in [0.2, 0.25) is 0 Å². The van der Waals surface area contributed by atoms with Gasteiger partial charge in [-0.15, -0.1) is 0 Å². The van der Waals surface area contributed by atoms with Gasteiger partial charge < -0.3 is 5.43 Å². The molecular formula is C15H20N4O2. The van der Waals surface area contributed by atoms with E-state index in [0.29, 0.717) is 25.3 Å². The van der Waals surface area contributed by atoms with Crippen LogP contribution in [0.4, 0.5) is 5.82 Å². The fraction of sp³-hybridized carbons (Fsp3) is 0.333. The molecule has 0 atom stereocenters. The number of hydrogen-bond acceptors (Lipinski definition) is 4. The van der Waals surface area contributed by atoms with E-state index in [1.54, 1.807) is 0 Å². The third-order valence-corrected chi connectivity index (χ3v) is 3.34. The summed E-state index contributed by atoms with van der Waals surface area (Å²) in [6, 6.07) is 11.2. The maximum absolute atomic E-state index is 12.4. The summed E-state index contributed by atoms with van der Waals surface area (Å²) in [5.74, 6) is 5.76. The van der Waals surface area contributed by atoms with E-state index in [0.717, 1.165) is 12.0 Å². The predicted molar refractivity (Wildman–Crippen MR) is 83.2 cm³/mol. The third-order valence-electron chi connectivity index (χ3n) is 3.34. The standard InChI is InChI=1S/C15H20N4O2/c1-2-9-19-14(20)11-13(17-16)18(15(19)21)10-8-12-6-4-3-5-7-12/h3-7,11,17H,2,8-10,16H2,1H3. The van der Waals surface area contributed by atoms with Crippen LogP contribution < -0.4 is 22.5 Å². The van der Waals surface area contributed by atoms with E-state index in [4.69, 9.17) is 5.84 Å². The molecule has 1 aromatic heterocycles. The molecule has 0 bridgehead atoms. The summed E-state index contributed by atoms with van der Waals surface area (Å²) in [5.41, 5.74) is 2.90. The highest BCUT2D eigenvalue weighted by molar-refractivity contribution is 5.32. The zero-order chi connectivity index (χ0) is 15.2.